The van der Waals surface area contributed by atoms with Crippen molar-refractivity contribution in [3.63, 3.8) is 0 Å². The maximum Gasteiger partial charge on any atom is 0.335 e. The van der Waals surface area contributed by atoms with Gasteiger partial charge >= 0.3 is 5.97 Å². The summed E-state index contributed by atoms with van der Waals surface area (Å²) in [5.41, 5.74) is 0.304. The summed E-state index contributed by atoms with van der Waals surface area (Å²) >= 11 is 5.82. The average Bonchev–Trinajstić information content (AvgIpc) is 2.80. The van der Waals surface area contributed by atoms with E-state index in [0.717, 1.165) is 31.4 Å². The summed E-state index contributed by atoms with van der Waals surface area (Å²) in [6.45, 7) is 0. The van der Waals surface area contributed by atoms with Gasteiger partial charge in [-0.2, -0.15) is 0 Å². The lowest BCUT2D eigenvalue weighted by Crippen LogP contribution is -2.26. The van der Waals surface area contributed by atoms with Crippen molar-refractivity contribution in [1.82, 2.24) is 4.98 Å². The number of alkyl halides is 2. The number of carboxylic acids is 1. The number of carbonyl (C=O) groups is 2. The summed E-state index contributed by atoms with van der Waals surface area (Å²) in [6.07, 6.45) is 2.02. The van der Waals surface area contributed by atoms with Crippen molar-refractivity contribution in [3.05, 3.63) is 82.4 Å². The van der Waals surface area contributed by atoms with Crippen LogP contribution in [0.15, 0.2) is 54.7 Å². The zero-order valence-corrected chi connectivity index (χ0v) is 19.2. The van der Waals surface area contributed by atoms with E-state index >= 15 is 0 Å². The highest BCUT2D eigenvalue weighted by atomic mass is 35.5. The largest absolute Gasteiger partial charge is 0.478 e. The van der Waals surface area contributed by atoms with Gasteiger partial charge in [0.15, 0.2) is 0 Å². The first-order valence-corrected chi connectivity index (χ1v) is 11.5. The molecule has 0 bridgehead atoms. The van der Waals surface area contributed by atoms with Gasteiger partial charge in [0.1, 0.15) is 5.82 Å². The highest BCUT2D eigenvalue weighted by Gasteiger charge is 2.29. The first-order valence-electron chi connectivity index (χ1n) is 11.1. The lowest BCUT2D eigenvalue weighted by Gasteiger charge is -2.29. The second-order valence-electron chi connectivity index (χ2n) is 8.56. The van der Waals surface area contributed by atoms with Crippen molar-refractivity contribution in [2.45, 2.75) is 38.0 Å². The van der Waals surface area contributed by atoms with Crippen LogP contribution in [-0.2, 0) is 4.79 Å². The summed E-state index contributed by atoms with van der Waals surface area (Å²) in [6, 6.07) is 11.0. The van der Waals surface area contributed by atoms with Crippen LogP contribution in [-0.4, -0.2) is 22.0 Å². The molecule has 1 heterocycles. The van der Waals surface area contributed by atoms with E-state index in [4.69, 9.17) is 16.7 Å². The number of anilines is 1. The molecule has 4 rings (SSSR count). The molecule has 0 aliphatic heterocycles. The second-order valence-corrected chi connectivity index (χ2v) is 8.96. The summed E-state index contributed by atoms with van der Waals surface area (Å²) < 4.78 is 41.6. The van der Waals surface area contributed by atoms with Crippen LogP contribution in [0.2, 0.25) is 5.02 Å². The number of hydrogen-bond donors (Lipinski definition) is 2. The molecule has 5 nitrogen and oxygen atoms in total. The fourth-order valence-corrected chi connectivity index (χ4v) is 4.31. The number of carbonyl (C=O) groups excluding carboxylic acids is 1. The lowest BCUT2D eigenvalue weighted by molar-refractivity contribution is -0.118. The normalized spacial score (nSPS) is 14.4. The van der Waals surface area contributed by atoms with Crippen molar-refractivity contribution in [3.8, 4) is 11.1 Å². The Labute approximate surface area is 205 Å². The van der Waals surface area contributed by atoms with E-state index in [0.29, 0.717) is 23.7 Å². The highest BCUT2D eigenvalue weighted by Crippen LogP contribution is 2.38. The van der Waals surface area contributed by atoms with Gasteiger partial charge in [-0.1, -0.05) is 43.0 Å². The standard InChI is InChI=1S/C26H22ClF3N2O3/c27-20-10-9-18(24(29)30)22(23(20)28)16-6-11-21(31-13-16)19(12-14-2-1-3-14)25(33)32-17-7-4-15(5-8-17)26(34)35/h4-11,13-14,19,24H,1-3,12H2,(H,32,33)(H,34,35)/t19-/m1/s1. The molecule has 0 saturated heterocycles. The number of amides is 1. The van der Waals surface area contributed by atoms with E-state index in [9.17, 15) is 22.8 Å². The van der Waals surface area contributed by atoms with Crippen LogP contribution in [0.1, 0.15) is 59.6 Å². The van der Waals surface area contributed by atoms with E-state index in [-0.39, 0.29) is 27.6 Å². The first kappa shape index (κ1) is 24.7. The molecule has 35 heavy (non-hydrogen) atoms. The Morgan fingerprint density at radius 3 is 2.34 bits per heavy atom. The van der Waals surface area contributed by atoms with Crippen molar-refractivity contribution in [1.29, 1.82) is 0 Å². The van der Waals surface area contributed by atoms with Gasteiger partial charge < -0.3 is 10.4 Å². The third-order valence-corrected chi connectivity index (χ3v) is 6.60. The van der Waals surface area contributed by atoms with Crippen molar-refractivity contribution in [2.75, 3.05) is 5.32 Å². The number of halogens is 4. The molecule has 1 atom stereocenters. The van der Waals surface area contributed by atoms with Crippen molar-refractivity contribution < 1.29 is 27.9 Å². The molecule has 1 aliphatic rings. The first-order chi connectivity index (χ1) is 16.7. The van der Waals surface area contributed by atoms with Gasteiger partial charge in [0, 0.05) is 28.6 Å². The maximum absolute atomic E-state index is 14.6. The molecule has 3 aromatic rings. The van der Waals surface area contributed by atoms with Crippen molar-refractivity contribution in [2.24, 2.45) is 5.92 Å². The second kappa shape index (κ2) is 10.5. The van der Waals surface area contributed by atoms with Crippen LogP contribution in [0.25, 0.3) is 11.1 Å². The molecule has 0 spiro atoms. The van der Waals surface area contributed by atoms with Crippen LogP contribution in [0, 0.1) is 11.7 Å². The summed E-state index contributed by atoms with van der Waals surface area (Å²) in [4.78, 5) is 28.6. The Morgan fingerprint density at radius 1 is 1.09 bits per heavy atom. The van der Waals surface area contributed by atoms with E-state index in [1.165, 1.54) is 36.5 Å². The summed E-state index contributed by atoms with van der Waals surface area (Å²) in [5, 5.41) is 11.6. The predicted molar refractivity (Wildman–Crippen MR) is 126 cm³/mol. The van der Waals surface area contributed by atoms with Crippen LogP contribution in [0.4, 0.5) is 18.9 Å². The van der Waals surface area contributed by atoms with E-state index < -0.39 is 29.7 Å². The van der Waals surface area contributed by atoms with Crippen LogP contribution in [0.3, 0.4) is 0 Å². The summed E-state index contributed by atoms with van der Waals surface area (Å²) in [5.74, 6) is -2.60. The number of nitrogens with one attached hydrogen (secondary N) is 1. The number of aromatic nitrogens is 1. The van der Waals surface area contributed by atoms with Gasteiger partial charge in [0.05, 0.1) is 22.2 Å². The monoisotopic (exact) mass is 502 g/mol. The molecule has 1 amide bonds. The molecule has 2 N–H and O–H groups in total. The number of benzene rings is 2. The Bertz CT molecular complexity index is 1230. The third-order valence-electron chi connectivity index (χ3n) is 6.30. The Balaban J connectivity index is 1.61. The van der Waals surface area contributed by atoms with Crippen LogP contribution >= 0.6 is 11.6 Å². The quantitative estimate of drug-likeness (QED) is 0.344. The number of carboxylic acid groups (broad SMARTS) is 1. The molecule has 0 radical (unpaired) electrons. The smallest absolute Gasteiger partial charge is 0.335 e. The van der Waals surface area contributed by atoms with Gasteiger partial charge in [0.2, 0.25) is 5.91 Å². The molecule has 9 heteroatoms. The summed E-state index contributed by atoms with van der Waals surface area (Å²) in [7, 11) is 0. The minimum Gasteiger partial charge on any atom is -0.478 e. The molecule has 1 fully saturated rings. The number of hydrogen-bond acceptors (Lipinski definition) is 3. The maximum atomic E-state index is 14.6. The predicted octanol–water partition coefficient (Wildman–Crippen LogP) is 7.09. The highest BCUT2D eigenvalue weighted by molar-refractivity contribution is 6.31. The lowest BCUT2D eigenvalue weighted by atomic mass is 9.78. The van der Waals surface area contributed by atoms with Crippen LogP contribution in [0.5, 0.6) is 0 Å². The number of pyridine rings is 1. The number of nitrogens with zero attached hydrogens (tertiary/aromatic N) is 1. The molecule has 0 unspecified atom stereocenters. The van der Waals surface area contributed by atoms with Gasteiger partial charge in [-0.05, 0) is 48.7 Å². The minimum absolute atomic E-state index is 0.0997. The van der Waals surface area contributed by atoms with E-state index in [2.05, 4.69) is 10.3 Å². The molecule has 182 valence electrons. The average molecular weight is 503 g/mol. The van der Waals surface area contributed by atoms with Gasteiger partial charge in [-0.25, -0.2) is 18.0 Å². The Morgan fingerprint density at radius 2 is 1.80 bits per heavy atom. The van der Waals surface area contributed by atoms with Gasteiger partial charge in [-0.15, -0.1) is 0 Å². The number of rotatable bonds is 8. The fraction of sp³-hybridized carbons (Fsp3) is 0.269. The Kier molecular flexibility index (Phi) is 7.40. The molecular weight excluding hydrogens is 481 g/mol. The zero-order chi connectivity index (χ0) is 25.1. The molecule has 1 aliphatic carbocycles. The topological polar surface area (TPSA) is 79.3 Å². The molecular formula is C26H22ClF3N2O3. The van der Waals surface area contributed by atoms with Crippen molar-refractivity contribution >= 4 is 29.2 Å². The van der Waals surface area contributed by atoms with E-state index in [1.807, 2.05) is 0 Å². The Hall–Kier alpha value is -3.39. The van der Waals surface area contributed by atoms with E-state index in [1.54, 1.807) is 6.07 Å². The minimum atomic E-state index is -2.90. The zero-order valence-electron chi connectivity index (χ0n) is 18.5. The van der Waals surface area contributed by atoms with Gasteiger partial charge in [-0.3, -0.25) is 9.78 Å². The van der Waals surface area contributed by atoms with Crippen LogP contribution < -0.4 is 5.32 Å². The fourth-order valence-electron chi connectivity index (χ4n) is 4.15. The number of aromatic carboxylic acids is 1. The third kappa shape index (κ3) is 5.48. The molecule has 1 aromatic heterocycles. The van der Waals surface area contributed by atoms with Gasteiger partial charge in [0.25, 0.3) is 6.43 Å². The molecule has 1 saturated carbocycles. The SMILES string of the molecule is O=C(O)c1ccc(NC(=O)[C@H](CC2CCC2)c2ccc(-c3c(C(F)F)ccc(Cl)c3F)cn2)cc1. The molecule has 2 aromatic carbocycles.